The van der Waals surface area contributed by atoms with Gasteiger partial charge in [-0.05, 0) is 32.0 Å². The van der Waals surface area contributed by atoms with E-state index < -0.39 is 28.9 Å². The molecule has 2 N–H and O–H groups in total. The molecule has 0 fully saturated rings. The number of rotatable bonds is 2. The number of anilines is 1. The van der Waals surface area contributed by atoms with Crippen LogP contribution in [0.5, 0.6) is 0 Å². The molecule has 0 unspecified atom stereocenters. The molecule has 0 atom stereocenters. The van der Waals surface area contributed by atoms with Crippen molar-refractivity contribution in [2.45, 2.75) is 25.6 Å². The number of fused-ring (bicyclic) bond motifs is 1. The van der Waals surface area contributed by atoms with E-state index in [9.17, 15) is 27.9 Å². The molecule has 0 aliphatic heterocycles. The summed E-state index contributed by atoms with van der Waals surface area (Å²) in [6, 6.07) is 3.80. The van der Waals surface area contributed by atoms with Crippen LogP contribution in [0.25, 0.3) is 11.0 Å². The zero-order chi connectivity index (χ0) is 16.7. The predicted molar refractivity (Wildman–Crippen MR) is 72.4 cm³/mol. The molecule has 1 amide bonds. The Bertz CT molecular complexity index is 787. The van der Waals surface area contributed by atoms with Crippen molar-refractivity contribution in [3.63, 3.8) is 0 Å². The van der Waals surface area contributed by atoms with Gasteiger partial charge in [0, 0.05) is 17.1 Å². The average molecular weight is 315 g/mol. The summed E-state index contributed by atoms with van der Waals surface area (Å²) >= 11 is 0. The first-order valence-corrected chi connectivity index (χ1v) is 6.17. The summed E-state index contributed by atoms with van der Waals surface area (Å²) in [7, 11) is 0. The molecule has 118 valence electrons. The van der Waals surface area contributed by atoms with E-state index in [4.69, 9.17) is 4.42 Å². The van der Waals surface area contributed by atoms with E-state index in [1.165, 1.54) is 19.9 Å². The summed E-state index contributed by atoms with van der Waals surface area (Å²) in [6.07, 6.45) is -4.74. The van der Waals surface area contributed by atoms with Gasteiger partial charge in [0.05, 0.1) is 5.56 Å². The molecule has 0 spiro atoms. The van der Waals surface area contributed by atoms with Crippen LogP contribution in [-0.2, 0) is 11.0 Å². The van der Waals surface area contributed by atoms with Crippen molar-refractivity contribution in [2.24, 2.45) is 0 Å². The maximum atomic E-state index is 13.0. The second kappa shape index (κ2) is 5.13. The van der Waals surface area contributed by atoms with Crippen LogP contribution in [-0.4, -0.2) is 16.6 Å². The Morgan fingerprint density at radius 3 is 2.41 bits per heavy atom. The largest absolute Gasteiger partial charge is 0.423 e. The normalized spacial score (nSPS) is 12.5. The van der Waals surface area contributed by atoms with E-state index in [2.05, 4.69) is 5.32 Å². The van der Waals surface area contributed by atoms with Crippen LogP contribution in [0, 0.1) is 0 Å². The zero-order valence-electron chi connectivity index (χ0n) is 11.6. The summed E-state index contributed by atoms with van der Waals surface area (Å²) in [5, 5.41) is 11.5. The number of amides is 1. The van der Waals surface area contributed by atoms with Crippen LogP contribution in [0.4, 0.5) is 18.9 Å². The Hall–Kier alpha value is -2.35. The van der Waals surface area contributed by atoms with Gasteiger partial charge in [0.2, 0.25) is 0 Å². The second-order valence-electron chi connectivity index (χ2n) is 5.20. The van der Waals surface area contributed by atoms with Crippen molar-refractivity contribution in [2.75, 3.05) is 5.32 Å². The van der Waals surface area contributed by atoms with Crippen LogP contribution in [0.2, 0.25) is 0 Å². The fraction of sp³-hybridized carbons (Fsp3) is 0.286. The Morgan fingerprint density at radius 2 is 1.86 bits per heavy atom. The molecule has 8 heteroatoms. The van der Waals surface area contributed by atoms with E-state index in [0.29, 0.717) is 6.07 Å². The lowest BCUT2D eigenvalue weighted by atomic mass is 10.1. The molecular formula is C14H12F3NO4. The van der Waals surface area contributed by atoms with Gasteiger partial charge in [-0.2, -0.15) is 13.2 Å². The zero-order valence-corrected chi connectivity index (χ0v) is 11.6. The number of carbonyl (C=O) groups excluding carboxylic acids is 1. The fourth-order valence-electron chi connectivity index (χ4n) is 1.76. The van der Waals surface area contributed by atoms with Gasteiger partial charge in [0.15, 0.2) is 0 Å². The summed E-state index contributed by atoms with van der Waals surface area (Å²) in [5.41, 5.74) is -4.17. The van der Waals surface area contributed by atoms with Gasteiger partial charge < -0.3 is 14.8 Å². The highest BCUT2D eigenvalue weighted by atomic mass is 19.4. The van der Waals surface area contributed by atoms with Crippen LogP contribution in [0.15, 0.2) is 33.5 Å². The molecule has 0 aliphatic carbocycles. The second-order valence-corrected chi connectivity index (χ2v) is 5.20. The molecule has 5 nitrogen and oxygen atoms in total. The number of benzene rings is 1. The van der Waals surface area contributed by atoms with Crippen molar-refractivity contribution in [3.8, 4) is 0 Å². The lowest BCUT2D eigenvalue weighted by Crippen LogP contribution is -2.36. The van der Waals surface area contributed by atoms with Crippen molar-refractivity contribution in [3.05, 3.63) is 40.2 Å². The van der Waals surface area contributed by atoms with Crippen molar-refractivity contribution >= 4 is 22.6 Å². The number of nitrogens with one attached hydrogen (secondary N) is 1. The standard InChI is InChI=1S/C14H12F3NO4/c1-13(2,21)12(20)18-7-3-4-10-8(5-7)9(14(15,16)17)6-11(19)22-10/h3-6,21H,1-2H3,(H,18,20). The van der Waals surface area contributed by atoms with Gasteiger partial charge in [-0.1, -0.05) is 0 Å². The fourth-order valence-corrected chi connectivity index (χ4v) is 1.76. The topological polar surface area (TPSA) is 79.5 Å². The van der Waals surface area contributed by atoms with Crippen molar-refractivity contribution in [1.82, 2.24) is 0 Å². The van der Waals surface area contributed by atoms with Gasteiger partial charge in [-0.15, -0.1) is 0 Å². The first kappa shape index (κ1) is 16.0. The number of aliphatic hydroxyl groups is 1. The Morgan fingerprint density at radius 1 is 1.23 bits per heavy atom. The number of halogens is 3. The van der Waals surface area contributed by atoms with Crippen molar-refractivity contribution in [1.29, 1.82) is 0 Å². The van der Waals surface area contributed by atoms with Crippen LogP contribution >= 0.6 is 0 Å². The number of carbonyl (C=O) groups is 1. The van der Waals surface area contributed by atoms with E-state index in [-0.39, 0.29) is 16.7 Å². The summed E-state index contributed by atoms with van der Waals surface area (Å²) in [4.78, 5) is 22.8. The molecule has 0 radical (unpaired) electrons. The molecule has 1 aromatic heterocycles. The SMILES string of the molecule is CC(C)(O)C(=O)Nc1ccc2oc(=O)cc(C(F)(F)F)c2c1. The van der Waals surface area contributed by atoms with E-state index >= 15 is 0 Å². The van der Waals surface area contributed by atoms with Crippen LogP contribution in [0.1, 0.15) is 19.4 Å². The quantitative estimate of drug-likeness (QED) is 0.835. The maximum Gasteiger partial charge on any atom is 0.417 e. The lowest BCUT2D eigenvalue weighted by Gasteiger charge is -2.17. The first-order chi connectivity index (χ1) is 9.98. The number of hydrogen-bond donors (Lipinski definition) is 2. The van der Waals surface area contributed by atoms with Crippen LogP contribution in [0.3, 0.4) is 0 Å². The van der Waals surface area contributed by atoms with E-state index in [0.717, 1.165) is 12.1 Å². The summed E-state index contributed by atoms with van der Waals surface area (Å²) in [6.45, 7) is 2.48. The number of hydrogen-bond acceptors (Lipinski definition) is 4. The van der Waals surface area contributed by atoms with Gasteiger partial charge in [0.25, 0.3) is 5.91 Å². The van der Waals surface area contributed by atoms with Gasteiger partial charge in [-0.25, -0.2) is 4.79 Å². The lowest BCUT2D eigenvalue weighted by molar-refractivity contribution is -0.136. The van der Waals surface area contributed by atoms with Gasteiger partial charge in [-0.3, -0.25) is 4.79 Å². The average Bonchev–Trinajstić information content (AvgIpc) is 2.36. The number of alkyl halides is 3. The maximum absolute atomic E-state index is 13.0. The molecule has 0 saturated carbocycles. The molecule has 1 aromatic carbocycles. The monoisotopic (exact) mass is 315 g/mol. The van der Waals surface area contributed by atoms with Gasteiger partial charge >= 0.3 is 11.8 Å². The highest BCUT2D eigenvalue weighted by Gasteiger charge is 2.34. The Labute approximate surface area is 122 Å². The minimum atomic E-state index is -4.74. The Kier molecular flexibility index (Phi) is 3.74. The van der Waals surface area contributed by atoms with E-state index in [1.54, 1.807) is 0 Å². The third-order valence-electron chi connectivity index (χ3n) is 2.86. The summed E-state index contributed by atoms with van der Waals surface area (Å²) < 4.78 is 43.6. The molecule has 2 aromatic rings. The highest BCUT2D eigenvalue weighted by Crippen LogP contribution is 2.34. The third kappa shape index (κ3) is 3.28. The summed E-state index contributed by atoms with van der Waals surface area (Å²) in [5.74, 6) is -0.780. The van der Waals surface area contributed by atoms with Crippen molar-refractivity contribution < 1.29 is 27.5 Å². The molecular weight excluding hydrogens is 303 g/mol. The molecule has 22 heavy (non-hydrogen) atoms. The van der Waals surface area contributed by atoms with Crippen LogP contribution < -0.4 is 10.9 Å². The third-order valence-corrected chi connectivity index (χ3v) is 2.86. The predicted octanol–water partition coefficient (Wildman–Crippen LogP) is 2.52. The molecule has 1 heterocycles. The Balaban J connectivity index is 2.56. The van der Waals surface area contributed by atoms with Gasteiger partial charge in [0.1, 0.15) is 11.2 Å². The minimum Gasteiger partial charge on any atom is -0.423 e. The molecule has 0 saturated heterocycles. The molecule has 0 bridgehead atoms. The van der Waals surface area contributed by atoms with E-state index in [1.807, 2.05) is 0 Å². The molecule has 2 rings (SSSR count). The molecule has 0 aliphatic rings. The highest BCUT2D eigenvalue weighted by molar-refractivity contribution is 5.98. The first-order valence-electron chi connectivity index (χ1n) is 6.17. The minimum absolute atomic E-state index is 0.0407. The smallest absolute Gasteiger partial charge is 0.417 e.